The fourth-order valence-electron chi connectivity index (χ4n) is 4.87. The van der Waals surface area contributed by atoms with E-state index in [0.717, 1.165) is 38.4 Å². The standard InChI is InChI=1S/C35H25N3O2/c1-2-3-4-5-6-8-13-23-18-19-28(33-32(23)37-38-33)31-29-21-25-15-12-11-14-24(25)20-26(29)22-30(34(31)39)35(40)36-27-16-9-7-10-17-27/h2-22,39H,1H2,(H,36,40). The van der Waals surface area contributed by atoms with Crippen molar-refractivity contribution in [1.29, 1.82) is 0 Å². The Morgan fingerprint density at radius 3 is 2.20 bits per heavy atom. The van der Waals surface area contributed by atoms with E-state index in [1.54, 1.807) is 12.1 Å². The molecule has 1 aliphatic rings. The molecule has 0 radical (unpaired) electrons. The van der Waals surface area contributed by atoms with Gasteiger partial charge in [0, 0.05) is 22.4 Å². The molecule has 0 unspecified atom stereocenters. The highest BCUT2D eigenvalue weighted by Crippen LogP contribution is 2.52. The second kappa shape index (κ2) is 10.7. The summed E-state index contributed by atoms with van der Waals surface area (Å²) in [6.45, 7) is 3.66. The van der Waals surface area contributed by atoms with Crippen LogP contribution in [0, 0.1) is 0 Å². The molecule has 2 N–H and O–H groups in total. The maximum absolute atomic E-state index is 13.4. The number of rotatable bonds is 7. The van der Waals surface area contributed by atoms with E-state index in [1.807, 2.05) is 109 Å². The van der Waals surface area contributed by atoms with E-state index in [2.05, 4.69) is 28.2 Å². The SMILES string of the molecule is C=CC=CC=CC=Cc1ccc(-c2c(O)c(C(=O)Nc3ccccc3)cc3cc4ccccc4cc23)c2c1N=N2. The van der Waals surface area contributed by atoms with Crippen LogP contribution in [0.25, 0.3) is 38.7 Å². The number of azo groups is 1. The highest BCUT2D eigenvalue weighted by atomic mass is 16.3. The minimum Gasteiger partial charge on any atom is -0.506 e. The number of hydrogen-bond acceptors (Lipinski definition) is 4. The van der Waals surface area contributed by atoms with Gasteiger partial charge in [0.25, 0.3) is 5.91 Å². The first-order valence-electron chi connectivity index (χ1n) is 12.9. The van der Waals surface area contributed by atoms with Gasteiger partial charge in [-0.15, -0.1) is 10.2 Å². The van der Waals surface area contributed by atoms with Crippen molar-refractivity contribution < 1.29 is 9.90 Å². The first kappa shape index (κ1) is 24.8. The molecule has 0 saturated heterocycles. The van der Waals surface area contributed by atoms with Crippen molar-refractivity contribution in [3.63, 3.8) is 0 Å². The van der Waals surface area contributed by atoms with Gasteiger partial charge in [-0.05, 0) is 51.9 Å². The highest BCUT2D eigenvalue weighted by Gasteiger charge is 2.26. The summed E-state index contributed by atoms with van der Waals surface area (Å²) in [7, 11) is 0. The molecule has 192 valence electrons. The van der Waals surface area contributed by atoms with Crippen LogP contribution in [0.3, 0.4) is 0 Å². The number of benzene rings is 5. The van der Waals surface area contributed by atoms with E-state index in [9.17, 15) is 9.90 Å². The van der Waals surface area contributed by atoms with Crippen LogP contribution >= 0.6 is 0 Å². The second-order valence-electron chi connectivity index (χ2n) is 9.35. The number of phenols is 1. The number of para-hydroxylation sites is 1. The number of hydrogen-bond donors (Lipinski definition) is 2. The van der Waals surface area contributed by atoms with E-state index in [-0.39, 0.29) is 11.3 Å². The zero-order valence-electron chi connectivity index (χ0n) is 21.6. The summed E-state index contributed by atoms with van der Waals surface area (Å²) in [6.07, 6.45) is 13.2. The summed E-state index contributed by atoms with van der Waals surface area (Å²) >= 11 is 0. The van der Waals surface area contributed by atoms with Crippen molar-refractivity contribution in [2.45, 2.75) is 0 Å². The van der Waals surface area contributed by atoms with Crippen LogP contribution in [0.2, 0.25) is 0 Å². The number of carbonyl (C=O) groups is 1. The third kappa shape index (κ3) is 4.61. The van der Waals surface area contributed by atoms with Crippen molar-refractivity contribution in [2.24, 2.45) is 10.2 Å². The van der Waals surface area contributed by atoms with E-state index >= 15 is 0 Å². The number of aromatic hydroxyl groups is 1. The number of nitrogens with one attached hydrogen (secondary N) is 1. The van der Waals surface area contributed by atoms with Crippen LogP contribution in [-0.2, 0) is 0 Å². The molecule has 0 atom stereocenters. The predicted molar refractivity (Wildman–Crippen MR) is 165 cm³/mol. The van der Waals surface area contributed by atoms with Crippen LogP contribution < -0.4 is 5.32 Å². The summed E-state index contributed by atoms with van der Waals surface area (Å²) < 4.78 is 0. The molecule has 0 spiro atoms. The normalized spacial score (nSPS) is 12.4. The van der Waals surface area contributed by atoms with Gasteiger partial charge >= 0.3 is 0 Å². The quantitative estimate of drug-likeness (QED) is 0.163. The number of anilines is 1. The minimum atomic E-state index is -0.391. The summed E-state index contributed by atoms with van der Waals surface area (Å²) in [4.78, 5) is 13.4. The van der Waals surface area contributed by atoms with E-state index in [1.165, 1.54) is 0 Å². The molecule has 5 aromatic rings. The van der Waals surface area contributed by atoms with Crippen molar-refractivity contribution in [3.8, 4) is 16.9 Å². The van der Waals surface area contributed by atoms with Gasteiger partial charge in [0.15, 0.2) is 0 Å². The molecule has 5 nitrogen and oxygen atoms in total. The number of nitrogens with zero attached hydrogens (tertiary/aromatic N) is 2. The number of phenolic OH excluding ortho intramolecular Hbond substituents is 1. The molecule has 5 aromatic carbocycles. The van der Waals surface area contributed by atoms with E-state index in [0.29, 0.717) is 16.9 Å². The Morgan fingerprint density at radius 1 is 0.750 bits per heavy atom. The third-order valence-corrected chi connectivity index (χ3v) is 6.81. The summed E-state index contributed by atoms with van der Waals surface area (Å²) in [5.74, 6) is -0.488. The molecule has 0 saturated carbocycles. The molecule has 6 rings (SSSR count). The molecule has 1 aliphatic heterocycles. The zero-order valence-corrected chi connectivity index (χ0v) is 21.6. The third-order valence-electron chi connectivity index (χ3n) is 6.81. The van der Waals surface area contributed by atoms with E-state index in [4.69, 9.17) is 0 Å². The monoisotopic (exact) mass is 519 g/mol. The average Bonchev–Trinajstić information content (AvgIpc) is 2.95. The molecular formula is C35H25N3O2. The summed E-state index contributed by atoms with van der Waals surface area (Å²) in [5, 5.41) is 26.9. The van der Waals surface area contributed by atoms with Crippen LogP contribution in [0.1, 0.15) is 15.9 Å². The largest absolute Gasteiger partial charge is 0.506 e. The topological polar surface area (TPSA) is 74.0 Å². The Hall–Kier alpha value is -5.55. The van der Waals surface area contributed by atoms with Crippen molar-refractivity contribution in [3.05, 3.63) is 139 Å². The van der Waals surface area contributed by atoms with Gasteiger partial charge < -0.3 is 10.4 Å². The van der Waals surface area contributed by atoms with Gasteiger partial charge in [-0.1, -0.05) is 104 Å². The van der Waals surface area contributed by atoms with Crippen LogP contribution in [0.5, 0.6) is 5.75 Å². The zero-order chi connectivity index (χ0) is 27.5. The van der Waals surface area contributed by atoms with Gasteiger partial charge in [-0.2, -0.15) is 0 Å². The Bertz CT molecular complexity index is 1920. The lowest BCUT2D eigenvalue weighted by atomic mass is 9.89. The number of carbonyl (C=O) groups excluding carboxylic acids is 1. The smallest absolute Gasteiger partial charge is 0.259 e. The average molecular weight is 520 g/mol. The predicted octanol–water partition coefficient (Wildman–Crippen LogP) is 9.66. The lowest BCUT2D eigenvalue weighted by Crippen LogP contribution is -2.12. The highest BCUT2D eigenvalue weighted by molar-refractivity contribution is 6.16. The Labute approximate surface area is 231 Å². The second-order valence-corrected chi connectivity index (χ2v) is 9.35. The first-order valence-corrected chi connectivity index (χ1v) is 12.9. The molecule has 0 aliphatic carbocycles. The van der Waals surface area contributed by atoms with Gasteiger partial charge in [-0.25, -0.2) is 0 Å². The molecule has 5 heteroatoms. The fourth-order valence-corrected chi connectivity index (χ4v) is 4.87. The Balaban J connectivity index is 1.50. The van der Waals surface area contributed by atoms with Crippen LogP contribution in [0.15, 0.2) is 138 Å². The Morgan fingerprint density at radius 2 is 1.45 bits per heavy atom. The molecule has 0 bridgehead atoms. The molecule has 1 heterocycles. The van der Waals surface area contributed by atoms with Crippen molar-refractivity contribution in [1.82, 2.24) is 0 Å². The van der Waals surface area contributed by atoms with Crippen molar-refractivity contribution >= 4 is 50.6 Å². The lowest BCUT2D eigenvalue weighted by Gasteiger charge is -2.20. The minimum absolute atomic E-state index is 0.0965. The van der Waals surface area contributed by atoms with Gasteiger partial charge in [-0.3, -0.25) is 4.79 Å². The fraction of sp³-hybridized carbons (Fsp3) is 0. The maximum atomic E-state index is 13.4. The first-order chi connectivity index (χ1) is 19.6. The number of fused-ring (bicyclic) bond motifs is 3. The molecule has 40 heavy (non-hydrogen) atoms. The lowest BCUT2D eigenvalue weighted by molar-refractivity contribution is 0.102. The molecule has 1 amide bonds. The van der Waals surface area contributed by atoms with Gasteiger partial charge in [0.05, 0.1) is 5.56 Å². The van der Waals surface area contributed by atoms with Gasteiger partial charge in [0.2, 0.25) is 0 Å². The van der Waals surface area contributed by atoms with Crippen LogP contribution in [-0.4, -0.2) is 11.0 Å². The summed E-state index contributed by atoms with van der Waals surface area (Å²) in [6, 6.07) is 27.0. The maximum Gasteiger partial charge on any atom is 0.259 e. The van der Waals surface area contributed by atoms with Crippen molar-refractivity contribution in [2.75, 3.05) is 5.32 Å². The summed E-state index contributed by atoms with van der Waals surface area (Å²) in [5.41, 5.74) is 4.46. The Kier molecular flexibility index (Phi) is 6.61. The van der Waals surface area contributed by atoms with Crippen LogP contribution in [0.4, 0.5) is 17.1 Å². The molecular weight excluding hydrogens is 494 g/mol. The molecule has 0 aromatic heterocycles. The molecule has 0 fully saturated rings. The van der Waals surface area contributed by atoms with E-state index < -0.39 is 5.91 Å². The number of amides is 1. The number of allylic oxidation sites excluding steroid dienone is 6. The van der Waals surface area contributed by atoms with Gasteiger partial charge in [0.1, 0.15) is 17.1 Å².